The van der Waals surface area contributed by atoms with Gasteiger partial charge in [-0.2, -0.15) is 0 Å². The topological polar surface area (TPSA) is 123 Å². The van der Waals surface area contributed by atoms with Crippen LogP contribution in [0.15, 0.2) is 29.2 Å². The van der Waals surface area contributed by atoms with Gasteiger partial charge >= 0.3 is 176 Å². The van der Waals surface area contributed by atoms with Crippen LogP contribution in [0.3, 0.4) is 0 Å². The molecule has 0 aromatic heterocycles. The third-order valence-electron chi connectivity index (χ3n) is 2.63. The van der Waals surface area contributed by atoms with Gasteiger partial charge in [-0.05, 0) is 0 Å². The first-order chi connectivity index (χ1) is 10.5. The summed E-state index contributed by atoms with van der Waals surface area (Å²) in [6.07, 6.45) is -0.353. The SMILES string of the molecule is O=C(CCS(=O)(=O)C(=O)c1ccccc1S)[As]CCS(=O)(=O)O.[H-].[Na+]. The Bertz CT molecular complexity index is 812. The van der Waals surface area contributed by atoms with E-state index >= 15 is 0 Å². The largest absolute Gasteiger partial charge is 1.00 e. The maximum Gasteiger partial charge on any atom is 1.00 e. The third-order valence-corrected chi connectivity index (χ3v) is 8.07. The normalized spacial score (nSPS) is 12.1. The molecule has 1 aromatic rings. The number of hydrogen-bond donors (Lipinski definition) is 2. The Kier molecular flexibility index (Phi) is 10.6. The zero-order chi connectivity index (χ0) is 17.7. The van der Waals surface area contributed by atoms with Gasteiger partial charge in [-0.15, -0.1) is 0 Å². The van der Waals surface area contributed by atoms with Crippen LogP contribution in [0.4, 0.5) is 0 Å². The van der Waals surface area contributed by atoms with Gasteiger partial charge in [-0.3, -0.25) is 0 Å². The molecule has 0 fully saturated rings. The van der Waals surface area contributed by atoms with E-state index < -0.39 is 56.9 Å². The Morgan fingerprint density at radius 2 is 1.71 bits per heavy atom. The van der Waals surface area contributed by atoms with Crippen LogP contribution in [0, 0.1) is 0 Å². The summed E-state index contributed by atoms with van der Waals surface area (Å²) in [5, 5.41) is -1.10. The minimum atomic E-state index is -4.15. The van der Waals surface area contributed by atoms with Gasteiger partial charge in [0.05, 0.1) is 0 Å². The van der Waals surface area contributed by atoms with Crippen LogP contribution < -0.4 is 29.6 Å². The number of hydrogen-bond acceptors (Lipinski definition) is 7. The first kappa shape index (κ1) is 24.3. The molecule has 0 bridgehead atoms. The predicted molar refractivity (Wildman–Crippen MR) is 89.5 cm³/mol. The van der Waals surface area contributed by atoms with Crippen molar-refractivity contribution in [2.75, 3.05) is 11.5 Å². The molecule has 1 rings (SSSR count). The van der Waals surface area contributed by atoms with Gasteiger partial charge in [-0.1, -0.05) is 0 Å². The second kappa shape index (κ2) is 10.5. The van der Waals surface area contributed by atoms with E-state index in [1.54, 1.807) is 6.07 Å². The van der Waals surface area contributed by atoms with Crippen molar-refractivity contribution in [3.8, 4) is 0 Å². The molecule has 0 saturated carbocycles. The molecule has 12 heteroatoms. The molecule has 0 unspecified atom stereocenters. The average Bonchev–Trinajstić information content (AvgIpc) is 2.44. The molecule has 1 N–H and O–H groups in total. The van der Waals surface area contributed by atoms with Crippen molar-refractivity contribution < 1.29 is 62.0 Å². The Morgan fingerprint density at radius 3 is 2.25 bits per heavy atom. The van der Waals surface area contributed by atoms with E-state index in [1.807, 2.05) is 0 Å². The number of thiol groups is 1. The Labute approximate surface area is 176 Å². The number of carbonyl (C=O) groups excluding carboxylic acids is 2. The molecule has 0 aliphatic rings. The molecule has 0 heterocycles. The molecule has 0 amide bonds. The van der Waals surface area contributed by atoms with Gasteiger partial charge in [0, 0.05) is 0 Å². The predicted octanol–water partition coefficient (Wildman–Crippen LogP) is -2.43. The Balaban J connectivity index is 0. The van der Waals surface area contributed by atoms with Crippen molar-refractivity contribution in [1.29, 1.82) is 0 Å². The zero-order valence-corrected chi connectivity index (χ0v) is 19.1. The van der Waals surface area contributed by atoms with Crippen LogP contribution in [-0.4, -0.2) is 58.3 Å². The number of rotatable bonds is 8. The Morgan fingerprint density at radius 1 is 1.12 bits per heavy atom. The minimum Gasteiger partial charge on any atom is -1.00 e. The fourth-order valence-corrected chi connectivity index (χ4v) is 6.75. The van der Waals surface area contributed by atoms with Crippen molar-refractivity contribution in [3.05, 3.63) is 29.8 Å². The van der Waals surface area contributed by atoms with Crippen molar-refractivity contribution in [3.63, 3.8) is 0 Å². The molecule has 0 atom stereocenters. The van der Waals surface area contributed by atoms with Gasteiger partial charge in [0.25, 0.3) is 0 Å². The first-order valence-electron chi connectivity index (χ1n) is 6.23. The molecule has 24 heavy (non-hydrogen) atoms. The van der Waals surface area contributed by atoms with Crippen molar-refractivity contribution in [1.82, 2.24) is 0 Å². The molecule has 129 valence electrons. The molecular formula is C12H15AsNaO7S3. The molecule has 1 aromatic carbocycles. The first-order valence-corrected chi connectivity index (χ1v) is 12.2. The number of sulfone groups is 1. The fourth-order valence-electron chi connectivity index (χ4n) is 1.49. The van der Waals surface area contributed by atoms with E-state index in [-0.39, 0.29) is 53.1 Å². The standard InChI is InChI=1S/C12H14AsO7S3.Na.H/c14-11(13-6-8-23(18,19)20)5-7-22(16,17)12(15)9-3-1-2-4-10(9)21;;/h1-4,21H,5-8H2,(H,18,19,20);;/q;+1;-1. The van der Waals surface area contributed by atoms with Crippen LogP contribution >= 0.6 is 12.6 Å². The van der Waals surface area contributed by atoms with Gasteiger partial charge in [0.15, 0.2) is 0 Å². The van der Waals surface area contributed by atoms with Gasteiger partial charge in [-0.25, -0.2) is 0 Å². The average molecular weight is 465 g/mol. The van der Waals surface area contributed by atoms with Crippen LogP contribution in [-0.2, 0) is 24.7 Å². The summed E-state index contributed by atoms with van der Waals surface area (Å²) in [4.78, 5) is 23.8. The van der Waals surface area contributed by atoms with Crippen molar-refractivity contribution in [2.24, 2.45) is 0 Å². The molecular weight excluding hydrogens is 450 g/mol. The van der Waals surface area contributed by atoms with E-state index in [0.29, 0.717) is 0 Å². The third kappa shape index (κ3) is 8.62. The van der Waals surface area contributed by atoms with Gasteiger partial charge in [0.2, 0.25) is 0 Å². The van der Waals surface area contributed by atoms with E-state index in [0.717, 1.165) is 0 Å². The minimum absolute atomic E-state index is 0. The molecule has 0 aliphatic carbocycles. The molecule has 1 radical (unpaired) electrons. The second-order valence-corrected chi connectivity index (χ2v) is 11.1. The Hall–Kier alpha value is 0.328. The van der Waals surface area contributed by atoms with Crippen LogP contribution in [0.25, 0.3) is 0 Å². The molecule has 7 nitrogen and oxygen atoms in total. The summed E-state index contributed by atoms with van der Waals surface area (Å²) >= 11 is 2.96. The van der Waals surface area contributed by atoms with Gasteiger partial charge < -0.3 is 1.43 Å². The quantitative estimate of drug-likeness (QED) is 0.249. The van der Waals surface area contributed by atoms with Crippen LogP contribution in [0.2, 0.25) is 5.21 Å². The summed E-state index contributed by atoms with van der Waals surface area (Å²) in [6, 6.07) is 5.93. The molecule has 0 aliphatic heterocycles. The smallest absolute Gasteiger partial charge is 1.00 e. The number of benzene rings is 1. The summed E-state index contributed by atoms with van der Waals surface area (Å²) in [6.45, 7) is 0. The van der Waals surface area contributed by atoms with Crippen molar-refractivity contribution >= 4 is 58.0 Å². The monoisotopic (exact) mass is 465 g/mol. The zero-order valence-electron chi connectivity index (χ0n) is 13.7. The van der Waals surface area contributed by atoms with E-state index in [9.17, 15) is 26.4 Å². The van der Waals surface area contributed by atoms with E-state index in [2.05, 4.69) is 12.6 Å². The summed E-state index contributed by atoms with van der Waals surface area (Å²) in [5.41, 5.74) is -0.0529. The van der Waals surface area contributed by atoms with Crippen LogP contribution in [0.1, 0.15) is 18.2 Å². The maximum absolute atomic E-state index is 12.0. The summed E-state index contributed by atoms with van der Waals surface area (Å²) < 4.78 is 53.1. The maximum atomic E-state index is 12.0. The van der Waals surface area contributed by atoms with E-state index in [4.69, 9.17) is 4.55 Å². The van der Waals surface area contributed by atoms with E-state index in [1.165, 1.54) is 18.2 Å². The summed E-state index contributed by atoms with van der Waals surface area (Å²) in [5.74, 6) is -1.16. The molecule has 0 spiro atoms. The second-order valence-electron chi connectivity index (χ2n) is 4.43. The van der Waals surface area contributed by atoms with Gasteiger partial charge in [0.1, 0.15) is 0 Å². The van der Waals surface area contributed by atoms with Crippen LogP contribution in [0.5, 0.6) is 0 Å². The fraction of sp³-hybridized carbons (Fsp3) is 0.333. The molecule has 0 saturated heterocycles. The summed E-state index contributed by atoms with van der Waals surface area (Å²) in [7, 11) is -8.27. The number of carbonyl (C=O) groups is 2. The van der Waals surface area contributed by atoms with Crippen molar-refractivity contribution in [2.45, 2.75) is 16.5 Å².